The van der Waals surface area contributed by atoms with Crippen LogP contribution in [-0.2, 0) is 0 Å². The number of hydrogen-bond donors (Lipinski definition) is 2. The first kappa shape index (κ1) is 8.05. The van der Waals surface area contributed by atoms with E-state index >= 15 is 0 Å². The molecule has 0 spiro atoms. The first-order valence-electron chi connectivity index (χ1n) is 4.51. The second kappa shape index (κ2) is 3.90. The van der Waals surface area contributed by atoms with Gasteiger partial charge in [-0.25, -0.2) is 0 Å². The predicted molar refractivity (Wildman–Crippen MR) is 53.8 cm³/mol. The highest BCUT2D eigenvalue weighted by Crippen LogP contribution is 2.04. The molecule has 2 heteroatoms. The maximum absolute atomic E-state index is 3.20. The molecule has 0 saturated carbocycles. The third-order valence-corrected chi connectivity index (χ3v) is 2.06. The van der Waals surface area contributed by atoms with Crippen molar-refractivity contribution in [3.05, 3.63) is 47.9 Å². The van der Waals surface area contributed by atoms with Gasteiger partial charge in [0.2, 0.25) is 6.34 Å². The molecule has 66 valence electrons. The van der Waals surface area contributed by atoms with Gasteiger partial charge >= 0.3 is 0 Å². The topological polar surface area (TPSA) is 26.0 Å². The second-order valence-electron chi connectivity index (χ2n) is 3.08. The molecule has 0 aromatic rings. The van der Waals surface area contributed by atoms with Crippen molar-refractivity contribution in [2.24, 2.45) is 0 Å². The highest BCUT2D eigenvalue weighted by molar-refractivity contribution is 5.52. The average molecular weight is 173 g/mol. The summed E-state index contributed by atoms with van der Waals surface area (Å²) < 4.78 is 0. The van der Waals surface area contributed by atoms with E-state index in [9.17, 15) is 0 Å². The molecule has 0 aromatic carbocycles. The van der Waals surface area contributed by atoms with Crippen LogP contribution in [-0.4, -0.2) is 6.34 Å². The summed E-state index contributed by atoms with van der Waals surface area (Å²) in [5.41, 5.74) is 2.47. The Hall–Kier alpha value is -1.57. The monoisotopic (exact) mass is 173 g/mol. The largest absolute Gasteiger partial charge is 0.251 e. The van der Waals surface area contributed by atoms with Crippen LogP contribution in [0.5, 0.6) is 0 Å². The minimum Gasteiger partial charge on any atom is -0.251 e. The van der Waals surface area contributed by atoms with Crippen LogP contribution in [0.3, 0.4) is 0 Å². The summed E-state index contributed by atoms with van der Waals surface area (Å²) in [6.45, 7) is 0. The van der Waals surface area contributed by atoms with Crippen molar-refractivity contribution in [3.63, 3.8) is 0 Å². The van der Waals surface area contributed by atoms with Crippen LogP contribution in [0.1, 0.15) is 12.8 Å². The van der Waals surface area contributed by atoms with Crippen molar-refractivity contribution >= 4 is 6.34 Å². The molecule has 2 aliphatic rings. The SMILES string of the molecule is C1=CCC(NC=[NH+]C2=CC=CC2)=C1. The Morgan fingerprint density at radius 1 is 1.15 bits per heavy atom. The third kappa shape index (κ3) is 2.18. The maximum Gasteiger partial charge on any atom is 0.239 e. The Morgan fingerprint density at radius 2 is 2.00 bits per heavy atom. The molecule has 0 radical (unpaired) electrons. The maximum atomic E-state index is 3.20. The van der Waals surface area contributed by atoms with Crippen molar-refractivity contribution in [2.45, 2.75) is 12.8 Å². The Kier molecular flexibility index (Phi) is 2.41. The van der Waals surface area contributed by atoms with Gasteiger partial charge in [-0.3, -0.25) is 10.3 Å². The number of hydrogen-bond acceptors (Lipinski definition) is 0. The van der Waals surface area contributed by atoms with Crippen LogP contribution in [0.4, 0.5) is 0 Å². The molecule has 0 aliphatic heterocycles. The molecule has 0 atom stereocenters. The molecule has 0 heterocycles. The van der Waals surface area contributed by atoms with Crippen LogP contribution in [0.2, 0.25) is 0 Å². The van der Waals surface area contributed by atoms with Crippen molar-refractivity contribution in [1.82, 2.24) is 5.32 Å². The summed E-state index contributed by atoms with van der Waals surface area (Å²) in [4.78, 5) is 3.20. The van der Waals surface area contributed by atoms with Gasteiger partial charge in [0.15, 0.2) is 0 Å². The molecular weight excluding hydrogens is 160 g/mol. The van der Waals surface area contributed by atoms with Crippen molar-refractivity contribution < 1.29 is 4.99 Å². The molecule has 2 nitrogen and oxygen atoms in total. The minimum atomic E-state index is 1.01. The van der Waals surface area contributed by atoms with Crippen LogP contribution in [0, 0.1) is 0 Å². The third-order valence-electron chi connectivity index (χ3n) is 2.06. The molecule has 0 amide bonds. The molecule has 13 heavy (non-hydrogen) atoms. The highest BCUT2D eigenvalue weighted by atomic mass is 15.0. The fraction of sp³-hybridized carbons (Fsp3) is 0.182. The van der Waals surface area contributed by atoms with Gasteiger partial charge in [-0.15, -0.1) is 0 Å². The van der Waals surface area contributed by atoms with E-state index < -0.39 is 0 Å². The molecule has 0 fully saturated rings. The first-order valence-corrected chi connectivity index (χ1v) is 4.51. The average Bonchev–Trinajstić information content (AvgIpc) is 2.75. The molecular formula is C11H13N2+. The van der Waals surface area contributed by atoms with Gasteiger partial charge in [0.05, 0.1) is 0 Å². The zero-order valence-corrected chi connectivity index (χ0v) is 7.46. The molecule has 2 N–H and O–H groups in total. The molecule has 0 aromatic heterocycles. The highest BCUT2D eigenvalue weighted by Gasteiger charge is 2.01. The minimum absolute atomic E-state index is 1.01. The first-order chi connectivity index (χ1) is 6.45. The van der Waals surface area contributed by atoms with E-state index in [0.29, 0.717) is 0 Å². The summed E-state index contributed by atoms with van der Waals surface area (Å²) in [6.07, 6.45) is 16.5. The van der Waals surface area contributed by atoms with Crippen molar-refractivity contribution in [3.8, 4) is 0 Å². The summed E-state index contributed by atoms with van der Waals surface area (Å²) >= 11 is 0. The standard InChI is InChI=1S/C11H12N2/c1-2-6-10(5-1)12-9-13-11-7-3-4-8-11/h1-5,7,9H,6,8H2,(H,12,13)/p+1. The smallest absolute Gasteiger partial charge is 0.239 e. The van der Waals surface area contributed by atoms with Crippen molar-refractivity contribution in [1.29, 1.82) is 0 Å². The lowest BCUT2D eigenvalue weighted by Crippen LogP contribution is -2.68. The lowest BCUT2D eigenvalue weighted by molar-refractivity contribution is -0.395. The van der Waals surface area contributed by atoms with Crippen LogP contribution in [0.25, 0.3) is 0 Å². The lowest BCUT2D eigenvalue weighted by atomic mass is 10.4. The fourth-order valence-corrected chi connectivity index (χ4v) is 1.33. The zero-order valence-electron chi connectivity index (χ0n) is 7.46. The predicted octanol–water partition coefficient (Wildman–Crippen LogP) is 0.372. The van der Waals surface area contributed by atoms with E-state index in [0.717, 1.165) is 12.8 Å². The summed E-state index contributed by atoms with van der Waals surface area (Å²) in [5.74, 6) is 0. The summed E-state index contributed by atoms with van der Waals surface area (Å²) in [7, 11) is 0. The molecule has 2 rings (SSSR count). The van der Waals surface area contributed by atoms with Gasteiger partial charge in [0.25, 0.3) is 0 Å². The van der Waals surface area contributed by atoms with E-state index in [1.54, 1.807) is 0 Å². The Balaban J connectivity index is 1.79. The Morgan fingerprint density at radius 3 is 2.69 bits per heavy atom. The van der Waals surface area contributed by atoms with E-state index in [-0.39, 0.29) is 0 Å². The molecule has 2 aliphatic carbocycles. The number of nitrogens with one attached hydrogen (secondary N) is 2. The quantitative estimate of drug-likeness (QED) is 0.468. The van der Waals surface area contributed by atoms with E-state index in [4.69, 9.17) is 0 Å². The van der Waals surface area contributed by atoms with E-state index in [1.807, 2.05) is 6.34 Å². The molecule has 0 saturated heterocycles. The van der Waals surface area contributed by atoms with Gasteiger partial charge in [0.1, 0.15) is 11.4 Å². The number of allylic oxidation sites excluding steroid dienone is 6. The molecule has 0 unspecified atom stereocenters. The Bertz CT molecular complexity index is 330. The lowest BCUT2D eigenvalue weighted by Gasteiger charge is -1.91. The van der Waals surface area contributed by atoms with Gasteiger partial charge in [-0.2, -0.15) is 0 Å². The zero-order chi connectivity index (χ0) is 8.93. The number of rotatable bonds is 3. The van der Waals surface area contributed by atoms with Crippen LogP contribution >= 0.6 is 0 Å². The van der Waals surface area contributed by atoms with E-state index in [1.165, 1.54) is 11.4 Å². The summed E-state index contributed by atoms with van der Waals surface area (Å²) in [6, 6.07) is 0. The second-order valence-corrected chi connectivity index (χ2v) is 3.08. The Labute approximate surface area is 78.1 Å². The van der Waals surface area contributed by atoms with Gasteiger partial charge in [0, 0.05) is 12.8 Å². The van der Waals surface area contributed by atoms with Crippen molar-refractivity contribution in [2.75, 3.05) is 0 Å². The van der Waals surface area contributed by atoms with Gasteiger partial charge < -0.3 is 0 Å². The van der Waals surface area contributed by atoms with Gasteiger partial charge in [-0.05, 0) is 12.2 Å². The normalized spacial score (nSPS) is 19.7. The molecule has 0 bridgehead atoms. The van der Waals surface area contributed by atoms with Crippen LogP contribution in [0.15, 0.2) is 47.9 Å². The van der Waals surface area contributed by atoms with Crippen LogP contribution < -0.4 is 10.3 Å². The summed E-state index contributed by atoms with van der Waals surface area (Å²) in [5, 5.41) is 3.20. The fourth-order valence-electron chi connectivity index (χ4n) is 1.33. The van der Waals surface area contributed by atoms with Gasteiger partial charge in [-0.1, -0.05) is 24.3 Å². The van der Waals surface area contributed by atoms with E-state index in [2.05, 4.69) is 46.8 Å².